The number of hydrogen-bond donors (Lipinski definition) is 2. The molecule has 0 aliphatic heterocycles. The first kappa shape index (κ1) is 14.3. The van der Waals surface area contributed by atoms with E-state index in [1.807, 2.05) is 26.8 Å². The van der Waals surface area contributed by atoms with Gasteiger partial charge in [-0.25, -0.2) is 0 Å². The number of likely N-dealkylation sites (N-methyl/N-ethyl adjacent to an activating group) is 1. The van der Waals surface area contributed by atoms with Crippen LogP contribution in [0.2, 0.25) is 5.02 Å². The maximum absolute atomic E-state index is 10.2. The van der Waals surface area contributed by atoms with Crippen LogP contribution in [0.25, 0.3) is 0 Å². The van der Waals surface area contributed by atoms with Crippen LogP contribution in [0.4, 0.5) is 0 Å². The highest BCUT2D eigenvalue weighted by atomic mass is 35.5. The van der Waals surface area contributed by atoms with Crippen LogP contribution < -0.4 is 10.1 Å². The van der Waals surface area contributed by atoms with Gasteiger partial charge in [0.1, 0.15) is 5.75 Å². The molecule has 2 atom stereocenters. The number of aliphatic hydroxyl groups is 1. The first-order chi connectivity index (χ1) is 8.01. The molecule has 96 valence electrons. The zero-order valence-corrected chi connectivity index (χ0v) is 11.5. The van der Waals surface area contributed by atoms with Crippen molar-refractivity contribution in [1.82, 2.24) is 5.32 Å². The maximum Gasteiger partial charge on any atom is 0.125 e. The van der Waals surface area contributed by atoms with Gasteiger partial charge in [-0.2, -0.15) is 0 Å². The molecule has 0 aliphatic carbocycles. The molecule has 0 spiro atoms. The minimum absolute atomic E-state index is 0.0485. The summed E-state index contributed by atoms with van der Waals surface area (Å²) in [6.45, 7) is 6.65. The average molecular weight is 258 g/mol. The van der Waals surface area contributed by atoms with Crippen molar-refractivity contribution in [3.8, 4) is 5.75 Å². The summed E-state index contributed by atoms with van der Waals surface area (Å²) in [6, 6.07) is 3.57. The van der Waals surface area contributed by atoms with E-state index < -0.39 is 6.10 Å². The quantitative estimate of drug-likeness (QED) is 0.852. The number of nitrogens with one attached hydrogen (secondary N) is 1. The molecule has 1 aromatic carbocycles. The van der Waals surface area contributed by atoms with Gasteiger partial charge < -0.3 is 15.2 Å². The van der Waals surface area contributed by atoms with E-state index in [2.05, 4.69) is 5.32 Å². The lowest BCUT2D eigenvalue weighted by molar-refractivity contribution is 0.134. The van der Waals surface area contributed by atoms with E-state index in [0.29, 0.717) is 10.8 Å². The van der Waals surface area contributed by atoms with Crippen molar-refractivity contribution in [3.63, 3.8) is 0 Å². The van der Waals surface area contributed by atoms with E-state index in [-0.39, 0.29) is 6.04 Å². The van der Waals surface area contributed by atoms with Gasteiger partial charge in [0.2, 0.25) is 0 Å². The molecule has 3 nitrogen and oxygen atoms in total. The van der Waals surface area contributed by atoms with Crippen LogP contribution in [0.5, 0.6) is 5.75 Å². The summed E-state index contributed by atoms with van der Waals surface area (Å²) < 4.78 is 5.28. The highest BCUT2D eigenvalue weighted by Crippen LogP contribution is 2.32. The van der Waals surface area contributed by atoms with Crippen molar-refractivity contribution in [2.75, 3.05) is 13.7 Å². The molecule has 1 aromatic rings. The zero-order chi connectivity index (χ0) is 13.0. The Morgan fingerprint density at radius 1 is 1.47 bits per heavy atom. The summed E-state index contributed by atoms with van der Waals surface area (Å²) in [7, 11) is 1.59. The van der Waals surface area contributed by atoms with E-state index >= 15 is 0 Å². The van der Waals surface area contributed by atoms with Crippen LogP contribution in [-0.4, -0.2) is 24.8 Å². The van der Waals surface area contributed by atoms with Crippen LogP contribution in [-0.2, 0) is 0 Å². The third-order valence-electron chi connectivity index (χ3n) is 2.83. The first-order valence-corrected chi connectivity index (χ1v) is 6.14. The van der Waals surface area contributed by atoms with Crippen LogP contribution in [0, 0.1) is 6.92 Å². The molecular weight excluding hydrogens is 238 g/mol. The lowest BCUT2D eigenvalue weighted by Gasteiger charge is -2.22. The second kappa shape index (κ2) is 6.24. The fraction of sp³-hybridized carbons (Fsp3) is 0.538. The summed E-state index contributed by atoms with van der Waals surface area (Å²) in [5, 5.41) is 14.1. The van der Waals surface area contributed by atoms with Crippen molar-refractivity contribution >= 4 is 11.6 Å². The van der Waals surface area contributed by atoms with Crippen molar-refractivity contribution in [1.29, 1.82) is 0 Å². The van der Waals surface area contributed by atoms with E-state index in [1.165, 1.54) is 0 Å². The summed E-state index contributed by atoms with van der Waals surface area (Å²) in [4.78, 5) is 0. The number of rotatable bonds is 5. The van der Waals surface area contributed by atoms with Gasteiger partial charge in [0.25, 0.3) is 0 Å². The first-order valence-electron chi connectivity index (χ1n) is 5.76. The number of halogens is 1. The Hall–Kier alpha value is -0.770. The molecule has 0 radical (unpaired) electrons. The van der Waals surface area contributed by atoms with Gasteiger partial charge in [-0.05, 0) is 38.1 Å². The standard InChI is InChI=1S/C13H20ClNO2/c1-5-15-9(3)13(16)10-7-11(14)8(2)6-12(10)17-4/h6-7,9,13,15-16H,5H2,1-4H3. The fourth-order valence-electron chi connectivity index (χ4n) is 1.78. The normalized spacial score (nSPS) is 14.5. The van der Waals surface area contributed by atoms with Gasteiger partial charge in [-0.3, -0.25) is 0 Å². The molecule has 0 aromatic heterocycles. The number of methoxy groups -OCH3 is 1. The Bertz CT molecular complexity index is 382. The molecule has 0 heterocycles. The molecule has 0 saturated heterocycles. The third kappa shape index (κ3) is 3.35. The average Bonchev–Trinajstić information content (AvgIpc) is 2.31. The second-order valence-electron chi connectivity index (χ2n) is 4.13. The Labute approximate surface area is 108 Å². The Morgan fingerprint density at radius 2 is 2.12 bits per heavy atom. The van der Waals surface area contributed by atoms with Crippen molar-refractivity contribution in [3.05, 3.63) is 28.3 Å². The van der Waals surface area contributed by atoms with Crippen LogP contribution in [0.3, 0.4) is 0 Å². The van der Waals surface area contributed by atoms with Gasteiger partial charge in [0, 0.05) is 16.6 Å². The molecule has 2 N–H and O–H groups in total. The molecule has 17 heavy (non-hydrogen) atoms. The molecule has 0 bridgehead atoms. The number of ether oxygens (including phenoxy) is 1. The van der Waals surface area contributed by atoms with Gasteiger partial charge in [0.05, 0.1) is 13.2 Å². The fourth-order valence-corrected chi connectivity index (χ4v) is 1.95. The molecule has 0 fully saturated rings. The van der Waals surface area contributed by atoms with Crippen LogP contribution in [0.1, 0.15) is 31.1 Å². The molecule has 2 unspecified atom stereocenters. The van der Waals surface area contributed by atoms with E-state index in [1.54, 1.807) is 13.2 Å². The Morgan fingerprint density at radius 3 is 2.65 bits per heavy atom. The van der Waals surface area contributed by atoms with E-state index in [9.17, 15) is 5.11 Å². The predicted octanol–water partition coefficient (Wildman–Crippen LogP) is 2.69. The Kier molecular flexibility index (Phi) is 5.25. The number of aryl methyl sites for hydroxylation is 1. The smallest absolute Gasteiger partial charge is 0.125 e. The van der Waals surface area contributed by atoms with Gasteiger partial charge in [0.15, 0.2) is 0 Å². The lowest BCUT2D eigenvalue weighted by Crippen LogP contribution is -2.32. The number of hydrogen-bond acceptors (Lipinski definition) is 3. The second-order valence-corrected chi connectivity index (χ2v) is 4.54. The lowest BCUT2D eigenvalue weighted by atomic mass is 10.0. The van der Waals surface area contributed by atoms with Crippen LogP contribution >= 0.6 is 11.6 Å². The predicted molar refractivity (Wildman–Crippen MR) is 70.8 cm³/mol. The highest BCUT2D eigenvalue weighted by molar-refractivity contribution is 6.31. The van der Waals surface area contributed by atoms with Crippen molar-refractivity contribution in [2.24, 2.45) is 0 Å². The Balaban J connectivity index is 3.07. The zero-order valence-electron chi connectivity index (χ0n) is 10.7. The van der Waals surface area contributed by atoms with Gasteiger partial charge in [-0.1, -0.05) is 18.5 Å². The number of aliphatic hydroxyl groups excluding tert-OH is 1. The largest absolute Gasteiger partial charge is 0.496 e. The molecule has 0 amide bonds. The summed E-state index contributed by atoms with van der Waals surface area (Å²) in [5.74, 6) is 0.671. The molecule has 4 heteroatoms. The van der Waals surface area contributed by atoms with E-state index in [0.717, 1.165) is 17.7 Å². The topological polar surface area (TPSA) is 41.5 Å². The van der Waals surface area contributed by atoms with Gasteiger partial charge in [-0.15, -0.1) is 0 Å². The molecule has 0 aliphatic rings. The van der Waals surface area contributed by atoms with Crippen LogP contribution in [0.15, 0.2) is 12.1 Å². The monoisotopic (exact) mass is 257 g/mol. The van der Waals surface area contributed by atoms with Crippen molar-refractivity contribution in [2.45, 2.75) is 32.9 Å². The maximum atomic E-state index is 10.2. The molecule has 1 rings (SSSR count). The number of benzene rings is 1. The van der Waals surface area contributed by atoms with Crippen molar-refractivity contribution < 1.29 is 9.84 Å². The highest BCUT2D eigenvalue weighted by Gasteiger charge is 2.20. The molecular formula is C13H20ClNO2. The molecule has 0 saturated carbocycles. The minimum Gasteiger partial charge on any atom is -0.496 e. The van der Waals surface area contributed by atoms with Gasteiger partial charge >= 0.3 is 0 Å². The summed E-state index contributed by atoms with van der Waals surface area (Å²) in [6.07, 6.45) is -0.636. The minimum atomic E-state index is -0.636. The van der Waals surface area contributed by atoms with E-state index in [4.69, 9.17) is 16.3 Å². The summed E-state index contributed by atoms with van der Waals surface area (Å²) in [5.41, 5.74) is 1.66. The third-order valence-corrected chi connectivity index (χ3v) is 3.24. The SMILES string of the molecule is CCNC(C)C(O)c1cc(Cl)c(C)cc1OC. The summed E-state index contributed by atoms with van der Waals surface area (Å²) >= 11 is 6.08.